The van der Waals surface area contributed by atoms with Gasteiger partial charge in [-0.05, 0) is 76.2 Å². The van der Waals surface area contributed by atoms with E-state index in [1.807, 2.05) is 30.3 Å². The number of hydrogen-bond acceptors (Lipinski definition) is 8. The number of hydrogen-bond donors (Lipinski definition) is 6. The number of amides is 4. The number of H-pyrrole nitrogens is 1. The second-order valence-corrected chi connectivity index (χ2v) is 16.1. The van der Waals surface area contributed by atoms with Gasteiger partial charge in [-0.1, -0.05) is 62.4 Å². The van der Waals surface area contributed by atoms with E-state index in [4.69, 9.17) is 21.9 Å². The maximum absolute atomic E-state index is 14.8. The topological polar surface area (TPSA) is 228 Å². The third-order valence-electron chi connectivity index (χ3n) is 11.8. The largest absolute Gasteiger partial charge is 0.444 e. The molecular weight excluding hydrogens is 652 g/mol. The molecule has 3 fully saturated rings. The summed E-state index contributed by atoms with van der Waals surface area (Å²) in [4.78, 5) is 66.1. The monoisotopic (exact) mass is 708 g/mol. The average Bonchev–Trinajstić information content (AvgIpc) is 3.70. The van der Waals surface area contributed by atoms with Crippen molar-refractivity contribution < 1.29 is 34.1 Å². The minimum atomic E-state index is -2.25. The van der Waals surface area contributed by atoms with Crippen molar-refractivity contribution in [3.63, 3.8) is 0 Å². The van der Waals surface area contributed by atoms with Crippen LogP contribution in [-0.4, -0.2) is 78.8 Å². The molecule has 280 valence electrons. The van der Waals surface area contributed by atoms with Crippen LogP contribution in [0.5, 0.6) is 0 Å². The van der Waals surface area contributed by atoms with Crippen molar-refractivity contribution in [2.75, 3.05) is 6.54 Å². The Kier molecular flexibility index (Phi) is 11.5. The zero-order chi connectivity index (χ0) is 37.1. The highest BCUT2D eigenvalue weighted by molar-refractivity contribution is 6.02. The standard InChI is InChI=1S/C38H56N6O7/c1-36(2,3)51-35(50)44-21-29(27(18-24-12-8-5-9-13-24)31(46)30(45)25-14-15-25)38(34(41)49,28(32(39)47)19-26-20-42-22-43-26)37(44,33(40)48)17-16-23-10-6-4-7-11-23/h4,6-7,10-11,20,22,24-25,27-31,45-46H,5,8-9,12-19,21H2,1-3H3,(H2,39,47)(H2,40,48)(H2,41,49)(H,42,43)/t27-,28?,29?,30-,31+,37?,38?/m0/s1. The van der Waals surface area contributed by atoms with Crippen molar-refractivity contribution in [3.8, 4) is 0 Å². The maximum atomic E-state index is 14.8. The van der Waals surface area contributed by atoms with Crippen molar-refractivity contribution in [3.05, 3.63) is 54.1 Å². The van der Waals surface area contributed by atoms with Gasteiger partial charge in [-0.3, -0.25) is 19.3 Å². The Bertz CT molecular complexity index is 1520. The molecule has 5 rings (SSSR count). The zero-order valence-electron chi connectivity index (χ0n) is 30.1. The third kappa shape index (κ3) is 7.65. The van der Waals surface area contributed by atoms with Gasteiger partial charge in [0.2, 0.25) is 17.7 Å². The fraction of sp³-hybridized carbons (Fsp3) is 0.658. The van der Waals surface area contributed by atoms with Crippen molar-refractivity contribution in [2.24, 2.45) is 52.2 Å². The molecule has 1 aromatic carbocycles. The number of aromatic nitrogens is 2. The summed E-state index contributed by atoms with van der Waals surface area (Å²) in [6, 6.07) is 9.20. The normalized spacial score (nSPS) is 26.6. The molecule has 3 aliphatic rings. The maximum Gasteiger partial charge on any atom is 0.411 e. The molecule has 4 unspecified atom stereocenters. The zero-order valence-corrected chi connectivity index (χ0v) is 30.1. The van der Waals surface area contributed by atoms with Gasteiger partial charge < -0.3 is 37.1 Å². The highest BCUT2D eigenvalue weighted by Crippen LogP contribution is 2.61. The van der Waals surface area contributed by atoms with E-state index in [0.29, 0.717) is 12.1 Å². The number of carbonyl (C=O) groups is 4. The van der Waals surface area contributed by atoms with Gasteiger partial charge in [0.05, 0.1) is 35.6 Å². The average molecular weight is 709 g/mol. The van der Waals surface area contributed by atoms with Crippen LogP contribution in [0.4, 0.5) is 4.79 Å². The lowest BCUT2D eigenvalue weighted by molar-refractivity contribution is -0.163. The number of aliphatic hydroxyl groups is 2. The van der Waals surface area contributed by atoms with E-state index in [1.54, 1.807) is 27.0 Å². The van der Waals surface area contributed by atoms with E-state index in [-0.39, 0.29) is 37.6 Å². The molecule has 13 heteroatoms. The first-order chi connectivity index (χ1) is 24.1. The van der Waals surface area contributed by atoms with E-state index in [1.165, 1.54) is 11.2 Å². The lowest BCUT2D eigenvalue weighted by atomic mass is 9.51. The van der Waals surface area contributed by atoms with Gasteiger partial charge in [-0.2, -0.15) is 0 Å². The number of benzene rings is 1. The summed E-state index contributed by atoms with van der Waals surface area (Å²) >= 11 is 0. The molecule has 4 amide bonds. The predicted octanol–water partition coefficient (Wildman–Crippen LogP) is 2.97. The van der Waals surface area contributed by atoms with E-state index >= 15 is 0 Å². The van der Waals surface area contributed by atoms with Gasteiger partial charge >= 0.3 is 6.09 Å². The smallest absolute Gasteiger partial charge is 0.411 e. The van der Waals surface area contributed by atoms with Crippen molar-refractivity contribution in [1.82, 2.24) is 14.9 Å². The molecule has 2 heterocycles. The number of aromatic amines is 1. The van der Waals surface area contributed by atoms with Crippen LogP contribution >= 0.6 is 0 Å². The molecule has 2 saturated carbocycles. The second kappa shape index (κ2) is 15.3. The summed E-state index contributed by atoms with van der Waals surface area (Å²) in [5.41, 5.74) is 15.0. The summed E-state index contributed by atoms with van der Waals surface area (Å²) in [5.74, 6) is -6.57. The van der Waals surface area contributed by atoms with Gasteiger partial charge in [-0.25, -0.2) is 9.78 Å². The Balaban J connectivity index is 1.81. The Morgan fingerprint density at radius 1 is 1.00 bits per heavy atom. The molecule has 9 N–H and O–H groups in total. The lowest BCUT2D eigenvalue weighted by Crippen LogP contribution is -2.72. The van der Waals surface area contributed by atoms with E-state index in [2.05, 4.69) is 9.97 Å². The van der Waals surface area contributed by atoms with E-state index < -0.39 is 70.3 Å². The molecule has 13 nitrogen and oxygen atoms in total. The Labute approximate surface area is 300 Å². The van der Waals surface area contributed by atoms with Crippen LogP contribution in [0.3, 0.4) is 0 Å². The van der Waals surface area contributed by atoms with Gasteiger partial charge in [0, 0.05) is 25.1 Å². The van der Waals surface area contributed by atoms with Crippen LogP contribution in [-0.2, 0) is 32.0 Å². The molecule has 0 spiro atoms. The van der Waals surface area contributed by atoms with Crippen LogP contribution in [0, 0.1) is 35.0 Å². The van der Waals surface area contributed by atoms with Gasteiger partial charge in [0.15, 0.2) is 0 Å². The number of ether oxygens (including phenoxy) is 1. The number of primary amides is 3. The summed E-state index contributed by atoms with van der Waals surface area (Å²) in [6.07, 6.45) is 5.94. The predicted molar refractivity (Wildman–Crippen MR) is 189 cm³/mol. The van der Waals surface area contributed by atoms with Crippen molar-refractivity contribution >= 4 is 23.8 Å². The number of aryl methyl sites for hydroxylation is 1. The first kappa shape index (κ1) is 38.3. The van der Waals surface area contributed by atoms with E-state index in [9.17, 15) is 29.4 Å². The van der Waals surface area contributed by atoms with Crippen molar-refractivity contribution in [1.29, 1.82) is 0 Å². The number of nitrogens with zero attached hydrogens (tertiary/aromatic N) is 2. The van der Waals surface area contributed by atoms with Crippen LogP contribution in [0.2, 0.25) is 0 Å². The molecule has 51 heavy (non-hydrogen) atoms. The number of nitrogens with two attached hydrogens (primary N) is 3. The minimum absolute atomic E-state index is 0.122. The Morgan fingerprint density at radius 2 is 1.67 bits per heavy atom. The van der Waals surface area contributed by atoms with Crippen LogP contribution < -0.4 is 17.2 Å². The Morgan fingerprint density at radius 3 is 2.20 bits per heavy atom. The minimum Gasteiger partial charge on any atom is -0.444 e. The van der Waals surface area contributed by atoms with Crippen LogP contribution in [0.15, 0.2) is 42.9 Å². The van der Waals surface area contributed by atoms with Crippen LogP contribution in [0.1, 0.15) is 89.8 Å². The number of imidazole rings is 1. The third-order valence-corrected chi connectivity index (χ3v) is 11.8. The lowest BCUT2D eigenvalue weighted by Gasteiger charge is -2.51. The molecule has 7 atom stereocenters. The van der Waals surface area contributed by atoms with Gasteiger partial charge in [-0.15, -0.1) is 0 Å². The van der Waals surface area contributed by atoms with E-state index in [0.717, 1.165) is 50.5 Å². The molecule has 1 aromatic heterocycles. The first-order valence-corrected chi connectivity index (χ1v) is 18.4. The summed E-state index contributed by atoms with van der Waals surface area (Å²) in [6.45, 7) is 4.75. The summed E-state index contributed by atoms with van der Waals surface area (Å²) in [7, 11) is 0. The highest BCUT2D eigenvalue weighted by Gasteiger charge is 2.76. The number of rotatable bonds is 15. The molecule has 0 radical (unpaired) electrons. The number of nitrogens with one attached hydrogen (secondary N) is 1. The SMILES string of the molecule is CC(C)(C)OC(=O)N1CC([C@H](CC2CCCCC2)[C@@H](O)[C@@H](O)C2CC2)C(C(N)=O)(C(Cc2c[nH]cn2)C(N)=O)C1(CCc1ccccc1)C(N)=O. The fourth-order valence-electron chi connectivity index (χ4n) is 9.34. The summed E-state index contributed by atoms with van der Waals surface area (Å²) < 4.78 is 5.91. The van der Waals surface area contributed by atoms with Crippen LogP contribution in [0.25, 0.3) is 0 Å². The number of likely N-dealkylation sites (tertiary alicyclic amines) is 1. The first-order valence-electron chi connectivity index (χ1n) is 18.4. The van der Waals surface area contributed by atoms with Gasteiger partial charge in [0.1, 0.15) is 11.1 Å². The second-order valence-electron chi connectivity index (χ2n) is 16.1. The Hall–Kier alpha value is -3.97. The van der Waals surface area contributed by atoms with Gasteiger partial charge in [0.25, 0.3) is 0 Å². The molecule has 1 aliphatic heterocycles. The van der Waals surface area contributed by atoms with Crippen molar-refractivity contribution in [2.45, 2.75) is 115 Å². The summed E-state index contributed by atoms with van der Waals surface area (Å²) in [5, 5.41) is 23.7. The number of carbonyl (C=O) groups excluding carboxylic acids is 4. The molecule has 1 saturated heterocycles. The molecule has 2 aromatic rings. The highest BCUT2D eigenvalue weighted by atomic mass is 16.6. The molecular formula is C38H56N6O7. The fourth-order valence-corrected chi connectivity index (χ4v) is 9.34. The molecule has 2 aliphatic carbocycles. The quantitative estimate of drug-likeness (QED) is 0.161. The number of aliphatic hydroxyl groups excluding tert-OH is 2. The molecule has 0 bridgehead atoms.